The maximum absolute atomic E-state index is 12.5. The number of nitrogens with two attached hydrogens (primary N) is 1. The number of rotatable bonds is 6. The predicted molar refractivity (Wildman–Crippen MR) is 92.8 cm³/mol. The van der Waals surface area contributed by atoms with Gasteiger partial charge < -0.3 is 10.5 Å². The number of carbonyl (C=O) groups is 2. The molecule has 0 bridgehead atoms. The normalized spacial score (nSPS) is 12.2. The van der Waals surface area contributed by atoms with Crippen molar-refractivity contribution in [1.29, 1.82) is 0 Å². The lowest BCUT2D eigenvalue weighted by Crippen LogP contribution is -2.30. The summed E-state index contributed by atoms with van der Waals surface area (Å²) in [5.41, 5.74) is 5.20. The number of nitrogens with one attached hydrogen (secondary N) is 1. The summed E-state index contributed by atoms with van der Waals surface area (Å²) in [5.74, 6) is -1.67. The van der Waals surface area contributed by atoms with Gasteiger partial charge in [0.15, 0.2) is 6.10 Å². The molecule has 0 saturated carbocycles. The fourth-order valence-electron chi connectivity index (χ4n) is 1.82. The van der Waals surface area contributed by atoms with Crippen molar-refractivity contribution in [2.45, 2.75) is 17.9 Å². The van der Waals surface area contributed by atoms with E-state index < -0.39 is 28.0 Å². The van der Waals surface area contributed by atoms with Crippen molar-refractivity contribution in [3.8, 4) is 0 Å². The first-order chi connectivity index (χ1) is 11.7. The van der Waals surface area contributed by atoms with Gasteiger partial charge in [-0.05, 0) is 37.3 Å². The molecule has 2 aromatic carbocycles. The van der Waals surface area contributed by atoms with Crippen LogP contribution in [0.4, 0.5) is 5.69 Å². The van der Waals surface area contributed by atoms with Gasteiger partial charge >= 0.3 is 5.97 Å². The molecule has 0 aliphatic carbocycles. The number of hydrogen-bond acceptors (Lipinski definition) is 5. The van der Waals surface area contributed by atoms with E-state index in [4.69, 9.17) is 22.1 Å². The van der Waals surface area contributed by atoms with Crippen molar-refractivity contribution >= 4 is 39.2 Å². The Morgan fingerprint density at radius 2 is 1.84 bits per heavy atom. The average molecular weight is 383 g/mol. The van der Waals surface area contributed by atoms with Gasteiger partial charge in [0.25, 0.3) is 15.9 Å². The van der Waals surface area contributed by atoms with Gasteiger partial charge in [-0.25, -0.2) is 13.2 Å². The highest BCUT2D eigenvalue weighted by molar-refractivity contribution is 7.92. The molecular weight excluding hydrogens is 368 g/mol. The van der Waals surface area contributed by atoms with Gasteiger partial charge in [0, 0.05) is 0 Å². The van der Waals surface area contributed by atoms with Crippen LogP contribution in [-0.2, 0) is 19.6 Å². The minimum absolute atomic E-state index is 0.0323. The zero-order valence-corrected chi connectivity index (χ0v) is 14.7. The Kier molecular flexibility index (Phi) is 5.66. The van der Waals surface area contributed by atoms with E-state index in [2.05, 4.69) is 4.72 Å². The summed E-state index contributed by atoms with van der Waals surface area (Å²) in [6.07, 6.45) is -1.13. The van der Waals surface area contributed by atoms with Crippen LogP contribution in [0, 0.1) is 0 Å². The summed E-state index contributed by atoms with van der Waals surface area (Å²) in [6.45, 7) is 1.32. The van der Waals surface area contributed by atoms with Gasteiger partial charge in [0.05, 0.1) is 21.2 Å². The van der Waals surface area contributed by atoms with Gasteiger partial charge in [0.1, 0.15) is 0 Å². The summed E-state index contributed by atoms with van der Waals surface area (Å²) in [5, 5.41) is 0.233. The maximum atomic E-state index is 12.5. The molecule has 0 unspecified atom stereocenters. The largest absolute Gasteiger partial charge is 0.449 e. The number of esters is 1. The summed E-state index contributed by atoms with van der Waals surface area (Å²) in [7, 11) is -3.97. The molecule has 1 atom stereocenters. The Morgan fingerprint density at radius 1 is 1.16 bits per heavy atom. The van der Waals surface area contributed by atoms with Crippen LogP contribution in [0.5, 0.6) is 0 Å². The van der Waals surface area contributed by atoms with Crippen LogP contribution in [0.15, 0.2) is 53.4 Å². The summed E-state index contributed by atoms with van der Waals surface area (Å²) in [4.78, 5) is 22.8. The highest BCUT2D eigenvalue weighted by Crippen LogP contribution is 2.24. The first-order valence-corrected chi connectivity index (χ1v) is 8.94. The molecule has 0 radical (unpaired) electrons. The molecule has 9 heteroatoms. The topological polar surface area (TPSA) is 116 Å². The van der Waals surface area contributed by atoms with Crippen molar-refractivity contribution in [3.63, 3.8) is 0 Å². The Bertz CT molecular complexity index is 914. The molecule has 7 nitrogen and oxygen atoms in total. The number of sulfonamides is 1. The van der Waals surface area contributed by atoms with Crippen molar-refractivity contribution in [3.05, 3.63) is 59.1 Å². The van der Waals surface area contributed by atoms with Crippen LogP contribution in [0.25, 0.3) is 0 Å². The van der Waals surface area contributed by atoms with Gasteiger partial charge in [-0.2, -0.15) is 0 Å². The highest BCUT2D eigenvalue weighted by atomic mass is 35.5. The third-order valence-electron chi connectivity index (χ3n) is 3.18. The number of ether oxygens (including phenoxy) is 1. The fourth-order valence-corrected chi connectivity index (χ4v) is 3.19. The molecule has 2 rings (SSSR count). The van der Waals surface area contributed by atoms with E-state index in [1.54, 1.807) is 18.2 Å². The quantitative estimate of drug-likeness (QED) is 0.743. The second kappa shape index (κ2) is 7.54. The van der Waals surface area contributed by atoms with Crippen LogP contribution in [0.2, 0.25) is 5.02 Å². The lowest BCUT2D eigenvalue weighted by Gasteiger charge is -2.12. The number of carbonyl (C=O) groups excluding carboxylic acids is 2. The van der Waals surface area contributed by atoms with Crippen molar-refractivity contribution in [1.82, 2.24) is 0 Å². The van der Waals surface area contributed by atoms with Crippen molar-refractivity contribution in [2.24, 2.45) is 5.73 Å². The molecule has 0 aliphatic rings. The first kappa shape index (κ1) is 18.8. The van der Waals surface area contributed by atoms with Crippen LogP contribution >= 0.6 is 11.6 Å². The molecule has 3 N–H and O–H groups in total. The highest BCUT2D eigenvalue weighted by Gasteiger charge is 2.20. The summed E-state index contributed by atoms with van der Waals surface area (Å²) < 4.78 is 32.1. The van der Waals surface area contributed by atoms with E-state index in [1.165, 1.54) is 31.2 Å². The second-order valence-corrected chi connectivity index (χ2v) is 7.15. The number of benzene rings is 2. The van der Waals surface area contributed by atoms with Gasteiger partial charge in [-0.1, -0.05) is 29.8 Å². The lowest BCUT2D eigenvalue weighted by atomic mass is 10.2. The lowest BCUT2D eigenvalue weighted by molar-refractivity contribution is -0.125. The van der Waals surface area contributed by atoms with Crippen LogP contribution in [-0.4, -0.2) is 26.4 Å². The zero-order valence-electron chi connectivity index (χ0n) is 13.1. The molecule has 0 heterocycles. The van der Waals surface area contributed by atoms with E-state index in [0.717, 1.165) is 6.07 Å². The smallest absolute Gasteiger partial charge is 0.338 e. The summed E-state index contributed by atoms with van der Waals surface area (Å²) in [6, 6.07) is 11.5. The van der Waals surface area contributed by atoms with E-state index in [9.17, 15) is 18.0 Å². The molecule has 25 heavy (non-hydrogen) atoms. The van der Waals surface area contributed by atoms with Gasteiger partial charge in [0.2, 0.25) is 0 Å². The van der Waals surface area contributed by atoms with Crippen molar-refractivity contribution < 1.29 is 22.7 Å². The standard InChI is InChI=1S/C16H15ClN2O5S/c1-10(15(18)20)24-16(21)11-5-4-6-12(9-11)25(22,23)19-14-8-3-2-7-13(14)17/h2-10,19H,1H3,(H2,18,20)/t10-/m1/s1. The van der Waals surface area contributed by atoms with Crippen LogP contribution < -0.4 is 10.5 Å². The molecule has 2 aromatic rings. The third-order valence-corrected chi connectivity index (χ3v) is 4.88. The first-order valence-electron chi connectivity index (χ1n) is 7.08. The fraction of sp³-hybridized carbons (Fsp3) is 0.125. The van der Waals surface area contributed by atoms with E-state index in [1.807, 2.05) is 0 Å². The SMILES string of the molecule is C[C@@H](OC(=O)c1cccc(S(=O)(=O)Nc2ccccc2Cl)c1)C(N)=O. The number of hydrogen-bond donors (Lipinski definition) is 2. The second-order valence-electron chi connectivity index (χ2n) is 5.06. The molecular formula is C16H15ClN2O5S. The molecule has 1 amide bonds. The minimum Gasteiger partial charge on any atom is -0.449 e. The Morgan fingerprint density at radius 3 is 2.48 bits per heavy atom. The third kappa shape index (κ3) is 4.71. The van der Waals surface area contributed by atoms with E-state index in [0.29, 0.717) is 0 Å². The average Bonchev–Trinajstić information content (AvgIpc) is 2.56. The number of amides is 1. The Labute approximate surface area is 149 Å². The van der Waals surface area contributed by atoms with Gasteiger partial charge in [-0.15, -0.1) is 0 Å². The number of anilines is 1. The number of para-hydroxylation sites is 1. The monoisotopic (exact) mass is 382 g/mol. The van der Waals surface area contributed by atoms with E-state index >= 15 is 0 Å². The number of halogens is 1. The minimum atomic E-state index is -3.97. The zero-order chi connectivity index (χ0) is 18.6. The van der Waals surface area contributed by atoms with Gasteiger partial charge in [-0.3, -0.25) is 9.52 Å². The maximum Gasteiger partial charge on any atom is 0.338 e. The molecule has 0 aromatic heterocycles. The number of primary amides is 1. The van der Waals surface area contributed by atoms with E-state index in [-0.39, 0.29) is 21.2 Å². The molecule has 0 aliphatic heterocycles. The van der Waals surface area contributed by atoms with Crippen LogP contribution in [0.1, 0.15) is 17.3 Å². The van der Waals surface area contributed by atoms with Crippen LogP contribution in [0.3, 0.4) is 0 Å². The molecule has 0 spiro atoms. The molecule has 132 valence electrons. The molecule has 0 fully saturated rings. The van der Waals surface area contributed by atoms with Crippen molar-refractivity contribution in [2.75, 3.05) is 4.72 Å². The molecule has 0 saturated heterocycles. The Hall–Kier alpha value is -2.58. The Balaban J connectivity index is 2.27. The predicted octanol–water partition coefficient (Wildman–Crippen LogP) is 2.17. The summed E-state index contributed by atoms with van der Waals surface area (Å²) >= 11 is 5.94.